The molecule has 4 atom stereocenters. The first-order valence-electron chi connectivity index (χ1n) is 17.4. The molecule has 1 aliphatic heterocycles. The van der Waals surface area contributed by atoms with E-state index in [1.54, 1.807) is 63.5 Å². The molecule has 0 unspecified atom stereocenters. The van der Waals surface area contributed by atoms with E-state index >= 15 is 0 Å². The topological polar surface area (TPSA) is 142 Å². The van der Waals surface area contributed by atoms with E-state index < -0.39 is 41.9 Å². The average Bonchev–Trinajstić information content (AvgIpc) is 3.12. The molecule has 0 aromatic heterocycles. The second-order valence-electron chi connectivity index (χ2n) is 13.2. The fourth-order valence-corrected chi connectivity index (χ4v) is 5.74. The van der Waals surface area contributed by atoms with Crippen LogP contribution in [0.5, 0.6) is 11.5 Å². The standard InChI is InChI=1S/C38H48F3N5O7/c1-24-21-46(25(2)23-47)35(48)32-20-30(43-36(49)42-28-13-16-31(51-5)17-14-28)15-18-33(32)53-26(3)8-6-7-19-52-34(24)22-45(4)37(50)44-29-11-9-27(10-12-29)38(39,40)41/h9-18,20,24-26,34,47H,6-8,19,21-23H2,1-5H3,(H,44,50)(H2,42,43,49)/t24-,25+,26-,34-/m0/s1. The Bertz CT molecular complexity index is 1670. The molecule has 0 saturated carbocycles. The summed E-state index contributed by atoms with van der Waals surface area (Å²) in [7, 11) is 3.10. The Balaban J connectivity index is 1.54. The highest BCUT2D eigenvalue weighted by molar-refractivity contribution is 6.02. The fourth-order valence-electron chi connectivity index (χ4n) is 5.74. The van der Waals surface area contributed by atoms with Gasteiger partial charge in [-0.25, -0.2) is 9.59 Å². The van der Waals surface area contributed by atoms with Crippen LogP contribution in [0.4, 0.5) is 39.8 Å². The first kappa shape index (κ1) is 40.7. The molecule has 0 radical (unpaired) electrons. The van der Waals surface area contributed by atoms with E-state index in [9.17, 15) is 32.7 Å². The van der Waals surface area contributed by atoms with Crippen LogP contribution in [0.3, 0.4) is 0 Å². The van der Waals surface area contributed by atoms with Crippen molar-refractivity contribution in [2.24, 2.45) is 5.92 Å². The van der Waals surface area contributed by atoms with Gasteiger partial charge in [0.05, 0.1) is 43.1 Å². The minimum absolute atomic E-state index is 0.108. The number of alkyl halides is 3. The van der Waals surface area contributed by atoms with Crippen molar-refractivity contribution < 1.29 is 46.9 Å². The van der Waals surface area contributed by atoms with Crippen molar-refractivity contribution in [3.05, 3.63) is 77.9 Å². The molecule has 288 valence electrons. The summed E-state index contributed by atoms with van der Waals surface area (Å²) in [6, 6.07) is 14.1. The van der Waals surface area contributed by atoms with Crippen LogP contribution in [0.25, 0.3) is 0 Å². The number of hydrogen-bond donors (Lipinski definition) is 4. The highest BCUT2D eigenvalue weighted by atomic mass is 19.4. The Kier molecular flexibility index (Phi) is 14.3. The lowest BCUT2D eigenvalue weighted by Gasteiger charge is -2.35. The number of methoxy groups -OCH3 is 1. The summed E-state index contributed by atoms with van der Waals surface area (Å²) in [6.45, 7) is 5.77. The van der Waals surface area contributed by atoms with E-state index in [1.165, 1.54) is 21.9 Å². The van der Waals surface area contributed by atoms with E-state index in [4.69, 9.17) is 14.2 Å². The number of nitrogens with zero attached hydrogens (tertiary/aromatic N) is 2. The molecular formula is C38H48F3N5O7. The third-order valence-electron chi connectivity index (χ3n) is 8.92. The van der Waals surface area contributed by atoms with Gasteiger partial charge in [0.15, 0.2) is 0 Å². The maximum absolute atomic E-state index is 14.4. The van der Waals surface area contributed by atoms with Gasteiger partial charge in [0.25, 0.3) is 5.91 Å². The van der Waals surface area contributed by atoms with Crippen molar-refractivity contribution in [1.29, 1.82) is 0 Å². The van der Waals surface area contributed by atoms with Crippen molar-refractivity contribution in [2.75, 3.05) is 56.4 Å². The van der Waals surface area contributed by atoms with Crippen LogP contribution in [0.15, 0.2) is 66.7 Å². The smallest absolute Gasteiger partial charge is 0.416 e. The quantitative estimate of drug-likeness (QED) is 0.190. The number of amides is 5. The zero-order valence-electron chi connectivity index (χ0n) is 30.5. The first-order chi connectivity index (χ1) is 25.2. The maximum atomic E-state index is 14.4. The summed E-state index contributed by atoms with van der Waals surface area (Å²) in [5.74, 6) is 0.176. The fraction of sp³-hybridized carbons (Fsp3) is 0.447. The molecule has 3 aromatic rings. The number of carbonyl (C=O) groups is 3. The average molecular weight is 744 g/mol. The predicted octanol–water partition coefficient (Wildman–Crippen LogP) is 7.32. The molecule has 3 aromatic carbocycles. The summed E-state index contributed by atoms with van der Waals surface area (Å²) < 4.78 is 56.7. The monoisotopic (exact) mass is 743 g/mol. The van der Waals surface area contributed by atoms with Crippen LogP contribution in [0.2, 0.25) is 0 Å². The Morgan fingerprint density at radius 1 is 0.981 bits per heavy atom. The zero-order chi connectivity index (χ0) is 38.7. The first-order valence-corrected chi connectivity index (χ1v) is 17.4. The van der Waals surface area contributed by atoms with E-state index in [-0.39, 0.29) is 43.0 Å². The highest BCUT2D eigenvalue weighted by Crippen LogP contribution is 2.31. The number of carbonyl (C=O) groups excluding carboxylic acids is 3. The van der Waals surface area contributed by atoms with Gasteiger partial charge in [-0.3, -0.25) is 4.79 Å². The molecule has 0 aliphatic carbocycles. The van der Waals surface area contributed by atoms with Crippen molar-refractivity contribution in [3.8, 4) is 11.5 Å². The molecule has 15 heteroatoms. The van der Waals surface area contributed by atoms with E-state index in [2.05, 4.69) is 16.0 Å². The molecule has 53 heavy (non-hydrogen) atoms. The maximum Gasteiger partial charge on any atom is 0.416 e. The third-order valence-corrected chi connectivity index (χ3v) is 8.92. The van der Waals surface area contributed by atoms with Crippen molar-refractivity contribution >= 4 is 35.0 Å². The normalized spacial score (nSPS) is 19.2. The van der Waals surface area contributed by atoms with Gasteiger partial charge >= 0.3 is 18.2 Å². The minimum Gasteiger partial charge on any atom is -0.497 e. The number of benzene rings is 3. The third kappa shape index (κ3) is 11.7. The second kappa shape index (κ2) is 18.6. The molecule has 0 bridgehead atoms. The number of likely N-dealkylation sites (N-methyl/N-ethyl adjacent to an activating group) is 1. The molecule has 1 heterocycles. The van der Waals surface area contributed by atoms with Crippen LogP contribution in [0.1, 0.15) is 56.0 Å². The molecule has 12 nitrogen and oxygen atoms in total. The van der Waals surface area contributed by atoms with Crippen LogP contribution >= 0.6 is 0 Å². The molecule has 0 saturated heterocycles. The largest absolute Gasteiger partial charge is 0.497 e. The predicted molar refractivity (Wildman–Crippen MR) is 196 cm³/mol. The number of urea groups is 2. The molecule has 0 spiro atoms. The van der Waals surface area contributed by atoms with E-state index in [0.717, 1.165) is 18.6 Å². The SMILES string of the molecule is COc1ccc(NC(=O)Nc2ccc3c(c2)C(=O)N([C@H](C)CO)C[C@H](C)[C@H](CN(C)C(=O)Nc2ccc(C(F)(F)F)cc2)OCCCC[C@H](C)O3)cc1. The lowest BCUT2D eigenvalue weighted by atomic mass is 10.0. The number of anilines is 3. The van der Waals surface area contributed by atoms with E-state index in [1.807, 2.05) is 13.8 Å². The minimum atomic E-state index is -4.50. The van der Waals surface area contributed by atoms with Gasteiger partial charge in [0, 0.05) is 49.7 Å². The zero-order valence-corrected chi connectivity index (χ0v) is 30.5. The Labute approximate surface area is 307 Å². The number of rotatable bonds is 8. The van der Waals surface area contributed by atoms with Crippen molar-refractivity contribution in [1.82, 2.24) is 9.80 Å². The second-order valence-corrected chi connectivity index (χ2v) is 13.2. The molecular weight excluding hydrogens is 695 g/mol. The molecule has 4 rings (SSSR count). The lowest BCUT2D eigenvalue weighted by Crippen LogP contribution is -2.48. The Hall–Kier alpha value is -5.02. The van der Waals surface area contributed by atoms with Crippen molar-refractivity contribution in [2.45, 2.75) is 64.5 Å². The number of halogens is 3. The van der Waals surface area contributed by atoms with Gasteiger partial charge in [-0.2, -0.15) is 13.2 Å². The van der Waals surface area contributed by atoms with Gasteiger partial charge in [-0.05, 0) is 99.8 Å². The number of hydrogen-bond acceptors (Lipinski definition) is 7. The number of nitrogens with one attached hydrogen (secondary N) is 3. The summed E-state index contributed by atoms with van der Waals surface area (Å²) in [4.78, 5) is 43.3. The molecule has 5 amide bonds. The van der Waals surface area contributed by atoms with Gasteiger partial charge in [-0.15, -0.1) is 0 Å². The van der Waals surface area contributed by atoms with Gasteiger partial charge in [0.1, 0.15) is 11.5 Å². The Morgan fingerprint density at radius 3 is 2.25 bits per heavy atom. The number of fused-ring (bicyclic) bond motifs is 1. The molecule has 4 N–H and O–H groups in total. The number of ether oxygens (including phenoxy) is 3. The number of aliphatic hydroxyl groups excluding tert-OH is 1. The summed E-state index contributed by atoms with van der Waals surface area (Å²) in [5.41, 5.74) is 0.436. The molecule has 0 fully saturated rings. The summed E-state index contributed by atoms with van der Waals surface area (Å²) in [6.07, 6.45) is -3.19. The lowest BCUT2D eigenvalue weighted by molar-refractivity contribution is -0.137. The van der Waals surface area contributed by atoms with Crippen LogP contribution in [-0.2, 0) is 10.9 Å². The van der Waals surface area contributed by atoms with Crippen LogP contribution in [0, 0.1) is 5.92 Å². The Morgan fingerprint density at radius 2 is 1.60 bits per heavy atom. The summed E-state index contributed by atoms with van der Waals surface area (Å²) in [5, 5.41) is 18.4. The highest BCUT2D eigenvalue weighted by Gasteiger charge is 2.32. The van der Waals surface area contributed by atoms with Gasteiger partial charge in [-0.1, -0.05) is 6.92 Å². The van der Waals surface area contributed by atoms with Gasteiger partial charge < -0.3 is 45.1 Å². The van der Waals surface area contributed by atoms with E-state index in [0.29, 0.717) is 42.3 Å². The van der Waals surface area contributed by atoms with Crippen molar-refractivity contribution in [3.63, 3.8) is 0 Å². The van der Waals surface area contributed by atoms with Gasteiger partial charge in [0.2, 0.25) is 0 Å². The summed E-state index contributed by atoms with van der Waals surface area (Å²) >= 11 is 0. The number of aliphatic hydroxyl groups is 1. The van der Waals surface area contributed by atoms with Crippen LogP contribution in [-0.4, -0.2) is 91.6 Å². The van der Waals surface area contributed by atoms with Crippen LogP contribution < -0.4 is 25.4 Å². The molecule has 1 aliphatic rings.